The van der Waals surface area contributed by atoms with Crippen molar-refractivity contribution in [3.05, 3.63) is 53.9 Å². The van der Waals surface area contributed by atoms with Crippen LogP contribution in [-0.2, 0) is 0 Å². The highest BCUT2D eigenvalue weighted by molar-refractivity contribution is 5.88. The van der Waals surface area contributed by atoms with Gasteiger partial charge in [0.25, 0.3) is 0 Å². The zero-order valence-corrected chi connectivity index (χ0v) is 14.0. The largest absolute Gasteiger partial charge is 0.382 e. The number of nitrogens with zero attached hydrogens (tertiary/aromatic N) is 1. The lowest BCUT2D eigenvalue weighted by atomic mass is 9.82. The van der Waals surface area contributed by atoms with Crippen LogP contribution in [0.25, 0.3) is 0 Å². The molecule has 2 amide bonds. The van der Waals surface area contributed by atoms with Crippen LogP contribution in [0.2, 0.25) is 0 Å². The maximum Gasteiger partial charge on any atom is 0.316 e. The van der Waals surface area contributed by atoms with Crippen LogP contribution < -0.4 is 16.4 Å². The minimum absolute atomic E-state index is 0.411. The van der Waals surface area contributed by atoms with Gasteiger partial charge >= 0.3 is 6.03 Å². The van der Waals surface area contributed by atoms with Crippen LogP contribution in [0.15, 0.2) is 42.6 Å². The normalized spacial score (nSPS) is 20.4. The van der Waals surface area contributed by atoms with Crippen LogP contribution in [0.1, 0.15) is 42.9 Å². The molecule has 1 aliphatic carbocycles. The molecule has 126 valence electrons. The summed E-state index contributed by atoms with van der Waals surface area (Å²) in [6, 6.07) is 11.7. The summed E-state index contributed by atoms with van der Waals surface area (Å²) in [5, 5.41) is 6.21. The van der Waals surface area contributed by atoms with Gasteiger partial charge in [0.15, 0.2) is 0 Å². The van der Waals surface area contributed by atoms with Crippen molar-refractivity contribution < 1.29 is 4.79 Å². The molecule has 1 aliphatic rings. The molecule has 1 aromatic carbocycles. The summed E-state index contributed by atoms with van der Waals surface area (Å²) in [7, 11) is 0. The fraction of sp³-hybridized carbons (Fsp3) is 0.368. The molecule has 2 atom stereocenters. The SMILES string of the molecule is Cc1cccnc1[C@@H]1CCC[C@@H](Nc2cccc(NC(N)=O)c2)C1. The first kappa shape index (κ1) is 16.3. The molecule has 0 saturated heterocycles. The van der Waals surface area contributed by atoms with Gasteiger partial charge in [-0.1, -0.05) is 18.6 Å². The molecule has 2 aromatic rings. The monoisotopic (exact) mass is 324 g/mol. The van der Waals surface area contributed by atoms with E-state index >= 15 is 0 Å². The number of nitrogens with two attached hydrogens (primary N) is 1. The Morgan fingerprint density at radius 3 is 2.83 bits per heavy atom. The van der Waals surface area contributed by atoms with Crippen LogP contribution in [-0.4, -0.2) is 17.1 Å². The summed E-state index contributed by atoms with van der Waals surface area (Å²) in [5.41, 5.74) is 9.39. The molecule has 24 heavy (non-hydrogen) atoms. The Hall–Kier alpha value is -2.56. The molecule has 5 heteroatoms. The van der Waals surface area contributed by atoms with Gasteiger partial charge in [0.05, 0.1) is 0 Å². The number of primary amides is 1. The molecule has 3 rings (SSSR count). The highest BCUT2D eigenvalue weighted by atomic mass is 16.2. The number of pyridine rings is 1. The van der Waals surface area contributed by atoms with Gasteiger partial charge in [-0.15, -0.1) is 0 Å². The second-order valence-electron chi connectivity index (χ2n) is 6.48. The van der Waals surface area contributed by atoms with Crippen LogP contribution in [0, 0.1) is 6.92 Å². The molecule has 0 unspecified atom stereocenters. The summed E-state index contributed by atoms with van der Waals surface area (Å²) in [5.74, 6) is 0.504. The summed E-state index contributed by atoms with van der Waals surface area (Å²) in [6.45, 7) is 2.14. The number of hydrogen-bond acceptors (Lipinski definition) is 3. The minimum atomic E-state index is -0.546. The predicted octanol–water partition coefficient (Wildman–Crippen LogP) is 4.02. The van der Waals surface area contributed by atoms with Gasteiger partial charge in [0.2, 0.25) is 0 Å². The van der Waals surface area contributed by atoms with Gasteiger partial charge in [-0.05, 0) is 56.0 Å². The number of amides is 2. The molecular weight excluding hydrogens is 300 g/mol. The van der Waals surface area contributed by atoms with Crippen molar-refractivity contribution in [3.8, 4) is 0 Å². The van der Waals surface area contributed by atoms with Gasteiger partial charge in [-0.2, -0.15) is 0 Å². The maximum absolute atomic E-state index is 11.0. The minimum Gasteiger partial charge on any atom is -0.382 e. The molecule has 5 nitrogen and oxygen atoms in total. The number of benzene rings is 1. The Bertz CT molecular complexity index is 716. The number of carbonyl (C=O) groups is 1. The highest BCUT2D eigenvalue weighted by Crippen LogP contribution is 2.34. The van der Waals surface area contributed by atoms with E-state index in [-0.39, 0.29) is 0 Å². The molecule has 0 radical (unpaired) electrons. The van der Waals surface area contributed by atoms with Gasteiger partial charge in [0, 0.05) is 35.2 Å². The molecule has 1 fully saturated rings. The van der Waals surface area contributed by atoms with Crippen LogP contribution in [0.5, 0.6) is 0 Å². The standard InChI is InChI=1S/C19H24N4O/c1-13-5-4-10-21-18(13)14-6-2-7-15(11-14)22-16-8-3-9-17(12-16)23-19(20)24/h3-5,8-10,12,14-15,22H,2,6-7,11H2,1H3,(H3,20,23,24)/t14-,15-/m1/s1. The fourth-order valence-electron chi connectivity index (χ4n) is 3.56. The highest BCUT2D eigenvalue weighted by Gasteiger charge is 2.25. The van der Waals surface area contributed by atoms with Crippen molar-refractivity contribution in [1.82, 2.24) is 4.98 Å². The number of rotatable bonds is 4. The van der Waals surface area contributed by atoms with E-state index in [9.17, 15) is 4.79 Å². The van der Waals surface area contributed by atoms with Crippen molar-refractivity contribution in [3.63, 3.8) is 0 Å². The lowest BCUT2D eigenvalue weighted by Gasteiger charge is -2.31. The lowest BCUT2D eigenvalue weighted by molar-refractivity contribution is 0.259. The predicted molar refractivity (Wildman–Crippen MR) is 97.2 cm³/mol. The number of anilines is 2. The molecule has 1 aromatic heterocycles. The van der Waals surface area contributed by atoms with E-state index in [2.05, 4.69) is 28.6 Å². The Morgan fingerprint density at radius 1 is 1.21 bits per heavy atom. The van der Waals surface area contributed by atoms with Gasteiger partial charge in [0.1, 0.15) is 0 Å². The van der Waals surface area contributed by atoms with E-state index < -0.39 is 6.03 Å². The average Bonchev–Trinajstić information content (AvgIpc) is 2.55. The van der Waals surface area contributed by atoms with E-state index in [1.807, 2.05) is 36.5 Å². The number of aromatic nitrogens is 1. The van der Waals surface area contributed by atoms with Crippen molar-refractivity contribution in [2.75, 3.05) is 10.6 Å². The first-order valence-corrected chi connectivity index (χ1v) is 8.46. The topological polar surface area (TPSA) is 80.0 Å². The second-order valence-corrected chi connectivity index (χ2v) is 6.48. The first-order valence-electron chi connectivity index (χ1n) is 8.46. The quantitative estimate of drug-likeness (QED) is 0.794. The van der Waals surface area contributed by atoms with Crippen LogP contribution in [0.4, 0.5) is 16.2 Å². The van der Waals surface area contributed by atoms with Crippen molar-refractivity contribution >= 4 is 17.4 Å². The van der Waals surface area contributed by atoms with Crippen LogP contribution in [0.3, 0.4) is 0 Å². The number of urea groups is 1. The Morgan fingerprint density at radius 2 is 2.04 bits per heavy atom. The van der Waals surface area contributed by atoms with Gasteiger partial charge < -0.3 is 16.4 Å². The average molecular weight is 324 g/mol. The number of carbonyl (C=O) groups excluding carboxylic acids is 1. The second kappa shape index (κ2) is 7.34. The van der Waals surface area contributed by atoms with E-state index in [4.69, 9.17) is 5.73 Å². The summed E-state index contributed by atoms with van der Waals surface area (Å²) >= 11 is 0. The van der Waals surface area contributed by atoms with Gasteiger partial charge in [-0.25, -0.2) is 4.79 Å². The smallest absolute Gasteiger partial charge is 0.316 e. The molecule has 1 heterocycles. The third-order valence-electron chi connectivity index (χ3n) is 4.61. The fourth-order valence-corrected chi connectivity index (χ4v) is 3.56. The van der Waals surface area contributed by atoms with E-state index in [1.165, 1.54) is 24.1 Å². The zero-order valence-electron chi connectivity index (χ0n) is 14.0. The molecule has 0 bridgehead atoms. The van der Waals surface area contributed by atoms with E-state index in [1.54, 1.807) is 0 Å². The summed E-state index contributed by atoms with van der Waals surface area (Å²) in [6.07, 6.45) is 6.50. The zero-order chi connectivity index (χ0) is 16.9. The number of aryl methyl sites for hydroxylation is 1. The Balaban J connectivity index is 1.67. The maximum atomic E-state index is 11.0. The third kappa shape index (κ3) is 4.04. The molecule has 4 N–H and O–H groups in total. The van der Waals surface area contributed by atoms with Crippen molar-refractivity contribution in [1.29, 1.82) is 0 Å². The summed E-state index contributed by atoms with van der Waals surface area (Å²) in [4.78, 5) is 15.6. The molecule has 1 saturated carbocycles. The lowest BCUT2D eigenvalue weighted by Crippen LogP contribution is -2.27. The molecular formula is C19H24N4O. The Kier molecular flexibility index (Phi) is 4.99. The number of hydrogen-bond donors (Lipinski definition) is 3. The number of nitrogens with one attached hydrogen (secondary N) is 2. The van der Waals surface area contributed by atoms with E-state index in [0.717, 1.165) is 18.5 Å². The first-order chi connectivity index (χ1) is 11.6. The van der Waals surface area contributed by atoms with Crippen molar-refractivity contribution in [2.45, 2.75) is 44.6 Å². The third-order valence-corrected chi connectivity index (χ3v) is 4.61. The molecule has 0 spiro atoms. The summed E-state index contributed by atoms with van der Waals surface area (Å²) < 4.78 is 0. The van der Waals surface area contributed by atoms with E-state index in [0.29, 0.717) is 17.6 Å². The van der Waals surface area contributed by atoms with Crippen molar-refractivity contribution in [2.24, 2.45) is 5.73 Å². The Labute approximate surface area is 142 Å². The molecule has 0 aliphatic heterocycles. The van der Waals surface area contributed by atoms with Gasteiger partial charge in [-0.3, -0.25) is 4.98 Å². The van der Waals surface area contributed by atoms with Crippen LogP contribution >= 0.6 is 0 Å².